The van der Waals surface area contributed by atoms with Crippen LogP contribution in [0.3, 0.4) is 0 Å². The number of carbonyl (C=O) groups is 2. The molecular weight excluding hydrogens is 264 g/mol. The summed E-state index contributed by atoms with van der Waals surface area (Å²) in [6.45, 7) is 1.79. The van der Waals surface area contributed by atoms with Crippen molar-refractivity contribution in [3.05, 3.63) is 41.5 Å². The van der Waals surface area contributed by atoms with Gasteiger partial charge in [-0.25, -0.2) is 9.59 Å². The van der Waals surface area contributed by atoms with E-state index < -0.39 is 12.0 Å². The molecule has 2 amide bonds. The van der Waals surface area contributed by atoms with Crippen molar-refractivity contribution in [2.75, 3.05) is 5.32 Å². The third-order valence-electron chi connectivity index (χ3n) is 2.36. The predicted octanol–water partition coefficient (Wildman–Crippen LogP) is 1.40. The molecule has 0 saturated carbocycles. The van der Waals surface area contributed by atoms with Gasteiger partial charge in [-0.3, -0.25) is 0 Å². The van der Waals surface area contributed by atoms with Crippen molar-refractivity contribution in [2.24, 2.45) is 0 Å². The summed E-state index contributed by atoms with van der Waals surface area (Å²) in [6, 6.07) is 5.35. The minimum atomic E-state index is -1.02. The van der Waals surface area contributed by atoms with Gasteiger partial charge >= 0.3 is 12.0 Å². The Labute approximate surface area is 113 Å². The molecule has 0 bridgehead atoms. The Balaban J connectivity index is 1.86. The molecule has 8 heteroatoms. The van der Waals surface area contributed by atoms with Crippen LogP contribution in [0.15, 0.2) is 28.8 Å². The Morgan fingerprint density at radius 1 is 1.30 bits per heavy atom. The third-order valence-corrected chi connectivity index (χ3v) is 2.36. The van der Waals surface area contributed by atoms with Crippen LogP contribution in [0, 0.1) is 6.92 Å². The van der Waals surface area contributed by atoms with Crippen molar-refractivity contribution in [3.8, 4) is 0 Å². The molecule has 1 aromatic heterocycles. The number of hydrogen-bond acceptors (Lipinski definition) is 5. The second kappa shape index (κ2) is 5.83. The largest absolute Gasteiger partial charge is 0.478 e. The number of urea groups is 1. The van der Waals surface area contributed by atoms with Crippen LogP contribution in [0.5, 0.6) is 0 Å². The van der Waals surface area contributed by atoms with E-state index in [0.717, 1.165) is 0 Å². The molecule has 0 aliphatic heterocycles. The number of aryl methyl sites for hydroxylation is 1. The summed E-state index contributed by atoms with van der Waals surface area (Å²) in [6.07, 6.45) is 0. The number of carboxylic acids is 1. The van der Waals surface area contributed by atoms with Gasteiger partial charge in [0.25, 0.3) is 0 Å². The summed E-state index contributed by atoms with van der Waals surface area (Å²) >= 11 is 0. The van der Waals surface area contributed by atoms with E-state index in [2.05, 4.69) is 20.8 Å². The van der Waals surface area contributed by atoms with E-state index in [0.29, 0.717) is 17.4 Å². The van der Waals surface area contributed by atoms with E-state index in [-0.39, 0.29) is 12.1 Å². The molecule has 0 aliphatic carbocycles. The number of amides is 2. The van der Waals surface area contributed by atoms with Crippen molar-refractivity contribution in [2.45, 2.75) is 13.5 Å². The fourth-order valence-electron chi connectivity index (χ4n) is 1.44. The topological polar surface area (TPSA) is 117 Å². The van der Waals surface area contributed by atoms with E-state index in [9.17, 15) is 9.59 Å². The molecule has 0 saturated heterocycles. The number of nitrogens with one attached hydrogen (secondary N) is 2. The predicted molar refractivity (Wildman–Crippen MR) is 68.3 cm³/mol. The lowest BCUT2D eigenvalue weighted by Crippen LogP contribution is -2.28. The van der Waals surface area contributed by atoms with Gasteiger partial charge in [0.15, 0.2) is 5.82 Å². The molecule has 1 aromatic carbocycles. The van der Waals surface area contributed by atoms with Gasteiger partial charge in [-0.15, -0.1) is 0 Å². The zero-order valence-corrected chi connectivity index (χ0v) is 10.6. The molecule has 2 aromatic rings. The van der Waals surface area contributed by atoms with Gasteiger partial charge in [-0.05, 0) is 31.2 Å². The quantitative estimate of drug-likeness (QED) is 0.776. The highest BCUT2D eigenvalue weighted by Crippen LogP contribution is 2.09. The molecule has 20 heavy (non-hydrogen) atoms. The van der Waals surface area contributed by atoms with Crippen LogP contribution in [-0.4, -0.2) is 27.2 Å². The molecule has 0 spiro atoms. The maximum Gasteiger partial charge on any atom is 0.335 e. The number of benzene rings is 1. The number of aromatic nitrogens is 2. The van der Waals surface area contributed by atoms with Gasteiger partial charge < -0.3 is 20.3 Å². The molecule has 8 nitrogen and oxygen atoms in total. The fourth-order valence-corrected chi connectivity index (χ4v) is 1.44. The second-order valence-corrected chi connectivity index (χ2v) is 3.93. The number of hydrogen-bond donors (Lipinski definition) is 3. The highest BCUT2D eigenvalue weighted by molar-refractivity contribution is 5.91. The van der Waals surface area contributed by atoms with Crippen LogP contribution in [0.4, 0.5) is 10.5 Å². The number of nitrogens with zero attached hydrogens (tertiary/aromatic N) is 2. The molecule has 0 aliphatic rings. The van der Waals surface area contributed by atoms with Gasteiger partial charge in [0.05, 0.1) is 12.1 Å². The molecule has 104 valence electrons. The zero-order valence-electron chi connectivity index (χ0n) is 10.6. The normalized spacial score (nSPS) is 10.1. The van der Waals surface area contributed by atoms with E-state index in [4.69, 9.17) is 9.63 Å². The Kier molecular flexibility index (Phi) is 3.94. The molecule has 3 N–H and O–H groups in total. The monoisotopic (exact) mass is 276 g/mol. The van der Waals surface area contributed by atoms with Crippen LogP contribution in [-0.2, 0) is 6.54 Å². The summed E-state index contributed by atoms with van der Waals surface area (Å²) in [5, 5.41) is 17.4. The number of carboxylic acid groups (broad SMARTS) is 1. The summed E-state index contributed by atoms with van der Waals surface area (Å²) in [7, 11) is 0. The van der Waals surface area contributed by atoms with E-state index in [1.807, 2.05) is 0 Å². The molecule has 0 fully saturated rings. The smallest absolute Gasteiger partial charge is 0.335 e. The Morgan fingerprint density at radius 2 is 2.00 bits per heavy atom. The maximum atomic E-state index is 11.6. The molecule has 0 radical (unpaired) electrons. The van der Waals surface area contributed by atoms with Crippen LogP contribution in [0.25, 0.3) is 0 Å². The minimum absolute atomic E-state index is 0.111. The van der Waals surface area contributed by atoms with Gasteiger partial charge in [0.2, 0.25) is 5.89 Å². The lowest BCUT2D eigenvalue weighted by Gasteiger charge is -2.05. The third kappa shape index (κ3) is 3.55. The first-order valence-corrected chi connectivity index (χ1v) is 5.72. The number of rotatable bonds is 4. The molecular formula is C12H12N4O4. The highest BCUT2D eigenvalue weighted by Gasteiger charge is 2.07. The van der Waals surface area contributed by atoms with Gasteiger partial charge in [0.1, 0.15) is 0 Å². The molecule has 0 unspecified atom stereocenters. The number of anilines is 1. The Bertz CT molecular complexity index is 621. The fraction of sp³-hybridized carbons (Fsp3) is 0.167. The summed E-state index contributed by atoms with van der Waals surface area (Å²) in [4.78, 5) is 26.2. The van der Waals surface area contributed by atoms with Crippen LogP contribution >= 0.6 is 0 Å². The molecule has 1 heterocycles. The van der Waals surface area contributed by atoms with Gasteiger partial charge in [-0.1, -0.05) is 5.16 Å². The lowest BCUT2D eigenvalue weighted by atomic mass is 10.2. The van der Waals surface area contributed by atoms with Crippen molar-refractivity contribution < 1.29 is 19.2 Å². The second-order valence-electron chi connectivity index (χ2n) is 3.93. The lowest BCUT2D eigenvalue weighted by molar-refractivity contribution is 0.0697. The van der Waals surface area contributed by atoms with Gasteiger partial charge in [0, 0.05) is 5.69 Å². The van der Waals surface area contributed by atoms with Crippen molar-refractivity contribution >= 4 is 17.7 Å². The van der Waals surface area contributed by atoms with E-state index >= 15 is 0 Å². The van der Waals surface area contributed by atoms with Crippen LogP contribution in [0.2, 0.25) is 0 Å². The first kappa shape index (κ1) is 13.5. The zero-order chi connectivity index (χ0) is 14.5. The Hall–Kier alpha value is -2.90. The van der Waals surface area contributed by atoms with Crippen molar-refractivity contribution in [1.29, 1.82) is 0 Å². The SMILES string of the molecule is Cc1noc(CNC(=O)Nc2ccc(C(=O)O)cc2)n1. The van der Waals surface area contributed by atoms with E-state index in [1.165, 1.54) is 24.3 Å². The highest BCUT2D eigenvalue weighted by atomic mass is 16.5. The average molecular weight is 276 g/mol. The summed E-state index contributed by atoms with van der Waals surface area (Å²) in [5.41, 5.74) is 0.631. The minimum Gasteiger partial charge on any atom is -0.478 e. The van der Waals surface area contributed by atoms with E-state index in [1.54, 1.807) is 6.92 Å². The molecule has 0 atom stereocenters. The van der Waals surface area contributed by atoms with Gasteiger partial charge in [-0.2, -0.15) is 4.98 Å². The summed E-state index contributed by atoms with van der Waals surface area (Å²) in [5.74, 6) is -0.224. The van der Waals surface area contributed by atoms with Crippen LogP contribution < -0.4 is 10.6 Å². The number of aromatic carboxylic acids is 1. The van der Waals surface area contributed by atoms with Crippen LogP contribution in [0.1, 0.15) is 22.1 Å². The van der Waals surface area contributed by atoms with Crippen molar-refractivity contribution in [3.63, 3.8) is 0 Å². The number of carbonyl (C=O) groups excluding carboxylic acids is 1. The first-order chi connectivity index (χ1) is 9.54. The average Bonchev–Trinajstić information content (AvgIpc) is 2.83. The maximum absolute atomic E-state index is 11.6. The molecule has 2 rings (SSSR count). The Morgan fingerprint density at radius 3 is 2.55 bits per heavy atom. The van der Waals surface area contributed by atoms with Crippen molar-refractivity contribution in [1.82, 2.24) is 15.5 Å². The summed E-state index contributed by atoms with van der Waals surface area (Å²) < 4.78 is 4.84. The first-order valence-electron chi connectivity index (χ1n) is 5.72. The standard InChI is InChI=1S/C12H12N4O4/c1-7-14-10(20-16-7)6-13-12(19)15-9-4-2-8(3-5-9)11(17)18/h2-5H,6H2,1H3,(H,17,18)(H2,13,15,19).